The van der Waals surface area contributed by atoms with E-state index in [-0.39, 0.29) is 0 Å². The molecule has 0 spiro atoms. The summed E-state index contributed by atoms with van der Waals surface area (Å²) in [5.74, 6) is 2.21. The second kappa shape index (κ2) is 7.13. The average Bonchev–Trinajstić information content (AvgIpc) is 2.86. The van der Waals surface area contributed by atoms with E-state index in [0.717, 1.165) is 11.4 Å². The van der Waals surface area contributed by atoms with Gasteiger partial charge in [0.15, 0.2) is 11.5 Å². The molecule has 5 heteroatoms. The standard InChI is InChI=1S/C16H22N2O3/c1-4-20-14-7-6-12(10-15(14)21-5-2)13(19)11-16-17-8-9-18(16)3/h6-10,13,19H,4-5,11H2,1-3H3. The van der Waals surface area contributed by atoms with Crippen molar-refractivity contribution in [1.29, 1.82) is 0 Å². The van der Waals surface area contributed by atoms with Crippen molar-refractivity contribution in [1.82, 2.24) is 9.55 Å². The predicted octanol–water partition coefficient (Wildman–Crippen LogP) is 2.49. The van der Waals surface area contributed by atoms with Crippen molar-refractivity contribution in [2.24, 2.45) is 7.05 Å². The van der Waals surface area contributed by atoms with E-state index in [1.807, 2.05) is 49.9 Å². The summed E-state index contributed by atoms with van der Waals surface area (Å²) in [5.41, 5.74) is 0.796. The summed E-state index contributed by atoms with van der Waals surface area (Å²) in [7, 11) is 1.92. The molecule has 0 aliphatic carbocycles. The summed E-state index contributed by atoms with van der Waals surface area (Å²) >= 11 is 0. The molecule has 1 unspecified atom stereocenters. The SMILES string of the molecule is CCOc1ccc(C(O)Cc2nccn2C)cc1OCC. The fraction of sp³-hybridized carbons (Fsp3) is 0.438. The highest BCUT2D eigenvalue weighted by Gasteiger charge is 2.14. The number of aromatic nitrogens is 2. The molecular formula is C16H22N2O3. The van der Waals surface area contributed by atoms with Gasteiger partial charge in [0.05, 0.1) is 19.3 Å². The fourth-order valence-corrected chi connectivity index (χ4v) is 2.16. The summed E-state index contributed by atoms with van der Waals surface area (Å²) in [6, 6.07) is 5.54. The lowest BCUT2D eigenvalue weighted by Gasteiger charge is -2.15. The van der Waals surface area contributed by atoms with E-state index >= 15 is 0 Å². The summed E-state index contributed by atoms with van der Waals surface area (Å²) in [6.45, 7) is 4.99. The van der Waals surface area contributed by atoms with E-state index in [9.17, 15) is 5.11 Å². The number of imidazole rings is 1. The van der Waals surface area contributed by atoms with Gasteiger partial charge in [0.1, 0.15) is 5.82 Å². The molecule has 114 valence electrons. The molecule has 1 heterocycles. The second-order valence-electron chi connectivity index (χ2n) is 4.75. The van der Waals surface area contributed by atoms with Crippen LogP contribution in [0.1, 0.15) is 31.3 Å². The van der Waals surface area contributed by atoms with E-state index in [2.05, 4.69) is 4.98 Å². The van der Waals surface area contributed by atoms with Crippen molar-refractivity contribution in [2.45, 2.75) is 26.4 Å². The quantitative estimate of drug-likeness (QED) is 0.851. The third-order valence-corrected chi connectivity index (χ3v) is 3.25. The van der Waals surface area contributed by atoms with Crippen LogP contribution in [-0.4, -0.2) is 27.9 Å². The highest BCUT2D eigenvalue weighted by Crippen LogP contribution is 2.31. The molecule has 2 aromatic rings. The third kappa shape index (κ3) is 3.76. The van der Waals surface area contributed by atoms with Crippen LogP contribution >= 0.6 is 0 Å². The molecule has 0 saturated carbocycles. The Hall–Kier alpha value is -2.01. The number of hydrogen-bond donors (Lipinski definition) is 1. The largest absolute Gasteiger partial charge is 0.490 e. The maximum atomic E-state index is 10.4. The first-order chi connectivity index (χ1) is 10.2. The van der Waals surface area contributed by atoms with Gasteiger partial charge in [-0.25, -0.2) is 4.98 Å². The Balaban J connectivity index is 2.18. The smallest absolute Gasteiger partial charge is 0.161 e. The minimum Gasteiger partial charge on any atom is -0.490 e. The molecule has 1 aromatic heterocycles. The van der Waals surface area contributed by atoms with Gasteiger partial charge >= 0.3 is 0 Å². The van der Waals surface area contributed by atoms with E-state index in [0.29, 0.717) is 31.1 Å². The van der Waals surface area contributed by atoms with E-state index in [4.69, 9.17) is 9.47 Å². The maximum Gasteiger partial charge on any atom is 0.161 e. The second-order valence-corrected chi connectivity index (χ2v) is 4.75. The van der Waals surface area contributed by atoms with Gasteiger partial charge in [-0.05, 0) is 31.5 Å². The average molecular weight is 290 g/mol. The van der Waals surface area contributed by atoms with Gasteiger partial charge in [-0.1, -0.05) is 6.07 Å². The molecule has 0 bridgehead atoms. The third-order valence-electron chi connectivity index (χ3n) is 3.25. The predicted molar refractivity (Wildman–Crippen MR) is 80.7 cm³/mol. The summed E-state index contributed by atoms with van der Waals surface area (Å²) in [5, 5.41) is 10.4. The number of hydrogen-bond acceptors (Lipinski definition) is 4. The lowest BCUT2D eigenvalue weighted by Crippen LogP contribution is -2.07. The van der Waals surface area contributed by atoms with Gasteiger partial charge in [0.2, 0.25) is 0 Å². The zero-order chi connectivity index (χ0) is 15.2. The van der Waals surface area contributed by atoms with Gasteiger partial charge < -0.3 is 19.1 Å². The first kappa shape index (κ1) is 15.4. The summed E-state index contributed by atoms with van der Waals surface area (Å²) in [4.78, 5) is 4.23. The highest BCUT2D eigenvalue weighted by atomic mass is 16.5. The normalized spacial score (nSPS) is 12.2. The molecule has 0 aliphatic rings. The fourth-order valence-electron chi connectivity index (χ4n) is 2.16. The first-order valence-electron chi connectivity index (χ1n) is 7.19. The van der Waals surface area contributed by atoms with Crippen LogP contribution in [0.4, 0.5) is 0 Å². The van der Waals surface area contributed by atoms with Crippen LogP contribution in [0, 0.1) is 0 Å². The Morgan fingerprint density at radius 1 is 1.19 bits per heavy atom. The molecule has 0 fully saturated rings. The minimum absolute atomic E-state index is 0.461. The molecule has 1 aromatic carbocycles. The Morgan fingerprint density at radius 3 is 2.52 bits per heavy atom. The first-order valence-corrected chi connectivity index (χ1v) is 7.19. The Morgan fingerprint density at radius 2 is 1.90 bits per heavy atom. The van der Waals surface area contributed by atoms with Gasteiger partial charge in [0.25, 0.3) is 0 Å². The van der Waals surface area contributed by atoms with Crippen LogP contribution in [0.3, 0.4) is 0 Å². The number of aryl methyl sites for hydroxylation is 1. The molecule has 0 radical (unpaired) electrons. The van der Waals surface area contributed by atoms with Crippen LogP contribution < -0.4 is 9.47 Å². The molecule has 0 aliphatic heterocycles. The molecule has 21 heavy (non-hydrogen) atoms. The van der Waals surface area contributed by atoms with Crippen molar-refractivity contribution >= 4 is 0 Å². The zero-order valence-electron chi connectivity index (χ0n) is 12.7. The summed E-state index contributed by atoms with van der Waals surface area (Å²) < 4.78 is 13.0. The zero-order valence-corrected chi connectivity index (χ0v) is 12.7. The number of nitrogens with zero attached hydrogens (tertiary/aromatic N) is 2. The van der Waals surface area contributed by atoms with Gasteiger partial charge in [-0.2, -0.15) is 0 Å². The molecular weight excluding hydrogens is 268 g/mol. The van der Waals surface area contributed by atoms with Crippen LogP contribution in [0.15, 0.2) is 30.6 Å². The summed E-state index contributed by atoms with van der Waals surface area (Å²) in [6.07, 6.45) is 3.43. The molecule has 1 atom stereocenters. The number of benzene rings is 1. The van der Waals surface area contributed by atoms with E-state index < -0.39 is 6.10 Å². The van der Waals surface area contributed by atoms with Crippen molar-refractivity contribution in [2.75, 3.05) is 13.2 Å². The highest BCUT2D eigenvalue weighted by molar-refractivity contribution is 5.43. The van der Waals surface area contributed by atoms with Crippen LogP contribution in [-0.2, 0) is 13.5 Å². The van der Waals surface area contributed by atoms with Crippen LogP contribution in [0.5, 0.6) is 11.5 Å². The van der Waals surface area contributed by atoms with Crippen molar-refractivity contribution < 1.29 is 14.6 Å². The van der Waals surface area contributed by atoms with E-state index in [1.54, 1.807) is 6.20 Å². The van der Waals surface area contributed by atoms with Crippen LogP contribution in [0.2, 0.25) is 0 Å². The molecule has 5 nitrogen and oxygen atoms in total. The maximum absolute atomic E-state index is 10.4. The molecule has 2 rings (SSSR count). The Labute approximate surface area is 125 Å². The molecule has 0 saturated heterocycles. The van der Waals surface area contributed by atoms with E-state index in [1.165, 1.54) is 0 Å². The van der Waals surface area contributed by atoms with Crippen molar-refractivity contribution in [3.63, 3.8) is 0 Å². The molecule has 0 amide bonds. The van der Waals surface area contributed by atoms with Gasteiger partial charge in [-0.15, -0.1) is 0 Å². The van der Waals surface area contributed by atoms with Gasteiger partial charge in [-0.3, -0.25) is 0 Å². The lowest BCUT2D eigenvalue weighted by molar-refractivity contribution is 0.174. The van der Waals surface area contributed by atoms with Crippen molar-refractivity contribution in [3.8, 4) is 11.5 Å². The van der Waals surface area contributed by atoms with Crippen LogP contribution in [0.25, 0.3) is 0 Å². The number of aliphatic hydroxyl groups excluding tert-OH is 1. The van der Waals surface area contributed by atoms with Crippen molar-refractivity contribution in [3.05, 3.63) is 42.0 Å². The topological polar surface area (TPSA) is 56.5 Å². The minimum atomic E-state index is -0.624. The number of ether oxygens (including phenoxy) is 2. The lowest BCUT2D eigenvalue weighted by atomic mass is 10.1. The molecule has 1 N–H and O–H groups in total. The Kier molecular flexibility index (Phi) is 5.22. The number of rotatable bonds is 7. The Bertz CT molecular complexity index is 581. The number of aliphatic hydroxyl groups is 1. The van der Waals surface area contributed by atoms with Gasteiger partial charge in [0, 0.05) is 25.9 Å². The monoisotopic (exact) mass is 290 g/mol.